The summed E-state index contributed by atoms with van der Waals surface area (Å²) in [6.45, 7) is 2.13. The summed E-state index contributed by atoms with van der Waals surface area (Å²) < 4.78 is 12.0. The number of hydrogen-bond donors (Lipinski definition) is 0. The maximum absolute atomic E-state index is 12.0. The van der Waals surface area contributed by atoms with Gasteiger partial charge in [-0.1, -0.05) is 15.9 Å². The SMILES string of the molecule is Cc1ccncc1C(=O)OCCc1cc2cc(Br)ccc2o1. The Morgan fingerprint density at radius 2 is 2.18 bits per heavy atom. The third-order valence-corrected chi connectivity index (χ3v) is 3.86. The van der Waals surface area contributed by atoms with E-state index in [0.29, 0.717) is 12.0 Å². The van der Waals surface area contributed by atoms with Crippen molar-refractivity contribution >= 4 is 32.9 Å². The first kappa shape index (κ1) is 14.8. The second-order valence-electron chi connectivity index (χ2n) is 4.97. The molecule has 0 spiro atoms. The molecular formula is C17H14BrNO3. The number of hydrogen-bond acceptors (Lipinski definition) is 4. The molecule has 0 aliphatic carbocycles. The Kier molecular flexibility index (Phi) is 4.24. The van der Waals surface area contributed by atoms with Crippen LogP contribution in [0.25, 0.3) is 11.0 Å². The van der Waals surface area contributed by atoms with Crippen LogP contribution in [0.15, 0.2) is 51.6 Å². The van der Waals surface area contributed by atoms with E-state index in [9.17, 15) is 4.79 Å². The molecule has 0 fully saturated rings. The molecule has 2 aromatic heterocycles. The van der Waals surface area contributed by atoms with Crippen molar-refractivity contribution in [2.24, 2.45) is 0 Å². The Bertz CT molecular complexity index is 826. The second kappa shape index (κ2) is 6.32. The fourth-order valence-corrected chi connectivity index (χ4v) is 2.57. The van der Waals surface area contributed by atoms with Crippen molar-refractivity contribution in [3.8, 4) is 0 Å². The average molecular weight is 360 g/mol. The monoisotopic (exact) mass is 359 g/mol. The van der Waals surface area contributed by atoms with Crippen LogP contribution in [0.1, 0.15) is 21.7 Å². The molecule has 0 radical (unpaired) electrons. The molecule has 0 amide bonds. The van der Waals surface area contributed by atoms with Gasteiger partial charge in [0, 0.05) is 28.7 Å². The first-order valence-corrected chi connectivity index (χ1v) is 7.68. The maximum atomic E-state index is 12.0. The predicted octanol–water partition coefficient (Wildman–Crippen LogP) is 4.30. The predicted molar refractivity (Wildman–Crippen MR) is 86.9 cm³/mol. The summed E-state index contributed by atoms with van der Waals surface area (Å²) in [5.41, 5.74) is 2.18. The van der Waals surface area contributed by atoms with E-state index in [1.807, 2.05) is 31.2 Å². The number of carbonyl (C=O) groups excluding carboxylic acids is 1. The molecule has 112 valence electrons. The molecule has 22 heavy (non-hydrogen) atoms. The third-order valence-electron chi connectivity index (χ3n) is 3.37. The Morgan fingerprint density at radius 3 is 3.00 bits per heavy atom. The molecule has 0 atom stereocenters. The first-order valence-electron chi connectivity index (χ1n) is 6.89. The Balaban J connectivity index is 1.62. The summed E-state index contributed by atoms with van der Waals surface area (Å²) in [5.74, 6) is 0.438. The molecule has 4 nitrogen and oxygen atoms in total. The van der Waals surface area contributed by atoms with Crippen LogP contribution in [0.2, 0.25) is 0 Å². The minimum atomic E-state index is -0.357. The van der Waals surface area contributed by atoms with Crippen LogP contribution in [0.3, 0.4) is 0 Å². The molecule has 3 rings (SSSR count). The van der Waals surface area contributed by atoms with E-state index in [4.69, 9.17) is 9.15 Å². The molecule has 0 saturated carbocycles. The first-order chi connectivity index (χ1) is 10.6. The van der Waals surface area contributed by atoms with Crippen molar-refractivity contribution in [2.75, 3.05) is 6.61 Å². The van der Waals surface area contributed by atoms with Crippen molar-refractivity contribution in [3.05, 3.63) is 64.1 Å². The molecule has 0 N–H and O–H groups in total. The number of pyridine rings is 1. The molecule has 1 aromatic carbocycles. The number of carbonyl (C=O) groups is 1. The van der Waals surface area contributed by atoms with Gasteiger partial charge in [0.05, 0.1) is 12.2 Å². The van der Waals surface area contributed by atoms with E-state index in [2.05, 4.69) is 20.9 Å². The number of ether oxygens (including phenoxy) is 1. The van der Waals surface area contributed by atoms with Crippen LogP contribution in [0.4, 0.5) is 0 Å². The van der Waals surface area contributed by atoms with E-state index in [1.165, 1.54) is 6.20 Å². The van der Waals surface area contributed by atoms with Gasteiger partial charge in [0.15, 0.2) is 0 Å². The van der Waals surface area contributed by atoms with E-state index < -0.39 is 0 Å². The minimum absolute atomic E-state index is 0.272. The highest BCUT2D eigenvalue weighted by Gasteiger charge is 2.11. The van der Waals surface area contributed by atoms with Crippen molar-refractivity contribution < 1.29 is 13.9 Å². The van der Waals surface area contributed by atoms with Gasteiger partial charge in [0.2, 0.25) is 0 Å². The number of furan rings is 1. The number of halogens is 1. The fraction of sp³-hybridized carbons (Fsp3) is 0.176. The zero-order chi connectivity index (χ0) is 15.5. The number of nitrogens with zero attached hydrogens (tertiary/aromatic N) is 1. The quantitative estimate of drug-likeness (QED) is 0.651. The number of aryl methyl sites for hydroxylation is 1. The lowest BCUT2D eigenvalue weighted by Crippen LogP contribution is -2.09. The smallest absolute Gasteiger partial charge is 0.339 e. The van der Waals surface area contributed by atoms with Gasteiger partial charge in [0.1, 0.15) is 11.3 Å². The lowest BCUT2D eigenvalue weighted by atomic mass is 10.2. The molecule has 0 bridgehead atoms. The van der Waals surface area contributed by atoms with Crippen LogP contribution < -0.4 is 0 Å². The standard InChI is InChI=1S/C17H14BrNO3/c1-11-4-6-19-10-15(11)17(20)21-7-5-14-9-12-8-13(18)2-3-16(12)22-14/h2-4,6,8-10H,5,7H2,1H3. The van der Waals surface area contributed by atoms with Crippen LogP contribution in [-0.4, -0.2) is 17.6 Å². The largest absolute Gasteiger partial charge is 0.462 e. The summed E-state index contributed by atoms with van der Waals surface area (Å²) in [5, 5.41) is 1.03. The summed E-state index contributed by atoms with van der Waals surface area (Å²) in [7, 11) is 0. The summed E-state index contributed by atoms with van der Waals surface area (Å²) in [6.07, 6.45) is 3.71. The maximum Gasteiger partial charge on any atom is 0.339 e. The average Bonchev–Trinajstić information content (AvgIpc) is 2.89. The summed E-state index contributed by atoms with van der Waals surface area (Å²) in [6, 6.07) is 9.58. The lowest BCUT2D eigenvalue weighted by molar-refractivity contribution is 0.0504. The number of esters is 1. The Hall–Kier alpha value is -2.14. The van der Waals surface area contributed by atoms with Gasteiger partial charge in [-0.25, -0.2) is 4.79 Å². The van der Waals surface area contributed by atoms with Crippen LogP contribution in [0.5, 0.6) is 0 Å². The van der Waals surface area contributed by atoms with Crippen LogP contribution >= 0.6 is 15.9 Å². The van der Waals surface area contributed by atoms with Crippen molar-refractivity contribution in [1.82, 2.24) is 4.98 Å². The number of fused-ring (bicyclic) bond motifs is 1. The van der Waals surface area contributed by atoms with Crippen LogP contribution in [-0.2, 0) is 11.2 Å². The van der Waals surface area contributed by atoms with Gasteiger partial charge in [0.25, 0.3) is 0 Å². The van der Waals surface area contributed by atoms with Gasteiger partial charge in [-0.05, 0) is 42.8 Å². The Labute approximate surface area is 136 Å². The van der Waals surface area contributed by atoms with E-state index >= 15 is 0 Å². The zero-order valence-electron chi connectivity index (χ0n) is 12.0. The molecule has 2 heterocycles. The topological polar surface area (TPSA) is 52.3 Å². The van der Waals surface area contributed by atoms with Crippen molar-refractivity contribution in [2.45, 2.75) is 13.3 Å². The van der Waals surface area contributed by atoms with E-state index in [0.717, 1.165) is 26.8 Å². The molecule has 0 aliphatic heterocycles. The van der Waals surface area contributed by atoms with E-state index in [1.54, 1.807) is 12.3 Å². The molecule has 0 saturated heterocycles. The molecular weight excluding hydrogens is 346 g/mol. The van der Waals surface area contributed by atoms with Gasteiger partial charge in [-0.15, -0.1) is 0 Å². The Morgan fingerprint density at radius 1 is 1.32 bits per heavy atom. The van der Waals surface area contributed by atoms with E-state index in [-0.39, 0.29) is 12.6 Å². The van der Waals surface area contributed by atoms with Gasteiger partial charge in [-0.2, -0.15) is 0 Å². The van der Waals surface area contributed by atoms with Crippen molar-refractivity contribution in [3.63, 3.8) is 0 Å². The number of benzene rings is 1. The fourth-order valence-electron chi connectivity index (χ4n) is 2.19. The van der Waals surface area contributed by atoms with Crippen LogP contribution in [0, 0.1) is 6.92 Å². The molecule has 0 unspecified atom stereocenters. The lowest BCUT2D eigenvalue weighted by Gasteiger charge is -2.05. The highest BCUT2D eigenvalue weighted by molar-refractivity contribution is 9.10. The number of aromatic nitrogens is 1. The second-order valence-corrected chi connectivity index (χ2v) is 5.89. The van der Waals surface area contributed by atoms with Crippen molar-refractivity contribution in [1.29, 1.82) is 0 Å². The number of rotatable bonds is 4. The zero-order valence-corrected chi connectivity index (χ0v) is 13.6. The van der Waals surface area contributed by atoms with Gasteiger partial charge in [-0.3, -0.25) is 4.98 Å². The molecule has 0 aliphatic rings. The summed E-state index contributed by atoms with van der Waals surface area (Å²) >= 11 is 3.43. The normalized spacial score (nSPS) is 10.8. The highest BCUT2D eigenvalue weighted by Crippen LogP contribution is 2.23. The minimum Gasteiger partial charge on any atom is -0.462 e. The third kappa shape index (κ3) is 3.20. The highest BCUT2D eigenvalue weighted by atomic mass is 79.9. The van der Waals surface area contributed by atoms with Gasteiger partial charge < -0.3 is 9.15 Å². The van der Waals surface area contributed by atoms with Gasteiger partial charge >= 0.3 is 5.97 Å². The molecule has 5 heteroatoms. The summed E-state index contributed by atoms with van der Waals surface area (Å²) in [4.78, 5) is 15.9. The molecule has 3 aromatic rings.